The van der Waals surface area contributed by atoms with Crippen molar-refractivity contribution in [1.82, 2.24) is 5.32 Å². The summed E-state index contributed by atoms with van der Waals surface area (Å²) in [5.41, 5.74) is 0.686. The van der Waals surface area contributed by atoms with Gasteiger partial charge in [0, 0.05) is 30.5 Å². The zero-order valence-corrected chi connectivity index (χ0v) is 12.5. The van der Waals surface area contributed by atoms with Gasteiger partial charge in [-0.05, 0) is 23.6 Å². The minimum Gasteiger partial charge on any atom is -0.508 e. The van der Waals surface area contributed by atoms with E-state index < -0.39 is 6.10 Å². The fourth-order valence-electron chi connectivity index (χ4n) is 2.84. The van der Waals surface area contributed by atoms with Crippen LogP contribution in [0.5, 0.6) is 11.5 Å². The van der Waals surface area contributed by atoms with E-state index in [9.17, 15) is 20.1 Å². The molecule has 0 saturated carbocycles. The highest BCUT2D eigenvalue weighted by atomic mass is 16.5. The van der Waals surface area contributed by atoms with Gasteiger partial charge in [-0.25, -0.2) is 0 Å². The third kappa shape index (κ3) is 3.55. The number of benzene rings is 2. The Bertz CT molecular complexity index is 730. The van der Waals surface area contributed by atoms with Gasteiger partial charge in [0.1, 0.15) is 17.6 Å². The number of cyclic esters (lactones) is 1. The molecule has 0 aromatic heterocycles. The van der Waals surface area contributed by atoms with Gasteiger partial charge in [-0.15, -0.1) is 0 Å². The highest BCUT2D eigenvalue weighted by molar-refractivity contribution is 5.90. The number of carbonyl (C=O) groups is 1. The molecule has 3 rings (SSSR count). The van der Waals surface area contributed by atoms with Crippen LogP contribution in [-0.2, 0) is 16.1 Å². The fourth-order valence-corrected chi connectivity index (χ4v) is 2.84. The topological polar surface area (TPSA) is 99.0 Å². The van der Waals surface area contributed by atoms with Crippen LogP contribution in [0.2, 0.25) is 0 Å². The molecule has 0 spiro atoms. The summed E-state index contributed by atoms with van der Waals surface area (Å²) >= 11 is 0. The van der Waals surface area contributed by atoms with Crippen molar-refractivity contribution >= 4 is 16.7 Å². The summed E-state index contributed by atoms with van der Waals surface area (Å²) in [5.74, 6) is -0.174. The largest absolute Gasteiger partial charge is 0.508 e. The van der Waals surface area contributed by atoms with E-state index in [1.54, 1.807) is 18.2 Å². The van der Waals surface area contributed by atoms with E-state index in [1.165, 1.54) is 6.07 Å². The van der Waals surface area contributed by atoms with Crippen LogP contribution in [-0.4, -0.2) is 40.0 Å². The lowest BCUT2D eigenvalue weighted by molar-refractivity contribution is -0.159. The highest BCUT2D eigenvalue weighted by Gasteiger charge is 2.26. The van der Waals surface area contributed by atoms with E-state index in [-0.39, 0.29) is 30.0 Å². The number of aromatic hydroxyl groups is 2. The number of aliphatic hydroxyl groups excluding tert-OH is 1. The van der Waals surface area contributed by atoms with Crippen molar-refractivity contribution in [3.8, 4) is 11.5 Å². The molecule has 2 atom stereocenters. The quantitative estimate of drug-likeness (QED) is 0.636. The minimum absolute atomic E-state index is 0.0471. The van der Waals surface area contributed by atoms with E-state index in [2.05, 4.69) is 5.32 Å². The number of fused-ring (bicyclic) bond motifs is 1. The molecule has 1 fully saturated rings. The molecule has 0 bridgehead atoms. The minimum atomic E-state index is -0.653. The third-order valence-corrected chi connectivity index (χ3v) is 3.98. The Morgan fingerprint density at radius 2 is 2.04 bits per heavy atom. The molecule has 2 aromatic rings. The second-order valence-electron chi connectivity index (χ2n) is 5.82. The first kappa shape index (κ1) is 15.6. The summed E-state index contributed by atoms with van der Waals surface area (Å²) in [4.78, 5) is 11.3. The van der Waals surface area contributed by atoms with Crippen molar-refractivity contribution in [2.24, 2.45) is 0 Å². The lowest BCUT2D eigenvalue weighted by Gasteiger charge is -2.26. The van der Waals surface area contributed by atoms with Gasteiger partial charge in [0.15, 0.2) is 0 Å². The van der Waals surface area contributed by atoms with Gasteiger partial charge in [0.25, 0.3) is 0 Å². The molecule has 6 heteroatoms. The smallest absolute Gasteiger partial charge is 0.308 e. The first-order valence-electron chi connectivity index (χ1n) is 7.55. The molecule has 1 heterocycles. The Balaban J connectivity index is 1.65. The fraction of sp³-hybridized carbons (Fsp3) is 0.353. The lowest BCUT2D eigenvalue weighted by atomic mass is 10.0. The summed E-state index contributed by atoms with van der Waals surface area (Å²) in [6, 6.07) is 8.51. The standard InChI is InChI=1S/C17H19NO5/c19-12-5-13(23-17(22)6-12)9-18-8-11-4-10-2-1-3-15(20)14(10)7-16(11)21/h1-4,7,12-13,18-21H,5-6,8-9H2. The number of hydrogen-bond donors (Lipinski definition) is 4. The molecule has 2 aromatic carbocycles. The van der Waals surface area contributed by atoms with Gasteiger partial charge in [-0.3, -0.25) is 4.79 Å². The zero-order chi connectivity index (χ0) is 16.4. The van der Waals surface area contributed by atoms with Gasteiger partial charge < -0.3 is 25.4 Å². The Morgan fingerprint density at radius 3 is 2.83 bits per heavy atom. The van der Waals surface area contributed by atoms with Crippen LogP contribution in [0.1, 0.15) is 18.4 Å². The van der Waals surface area contributed by atoms with E-state index in [0.717, 1.165) is 5.39 Å². The molecule has 0 radical (unpaired) electrons. The Hall–Kier alpha value is -2.31. The molecule has 0 amide bonds. The van der Waals surface area contributed by atoms with Crippen LogP contribution in [0.25, 0.3) is 10.8 Å². The van der Waals surface area contributed by atoms with E-state index in [1.807, 2.05) is 6.07 Å². The summed E-state index contributed by atoms with van der Waals surface area (Å²) in [5, 5.41) is 34.0. The van der Waals surface area contributed by atoms with Crippen LogP contribution in [0.3, 0.4) is 0 Å². The molecule has 1 saturated heterocycles. The number of nitrogens with one attached hydrogen (secondary N) is 1. The van der Waals surface area contributed by atoms with Gasteiger partial charge in [-0.1, -0.05) is 12.1 Å². The van der Waals surface area contributed by atoms with Crippen LogP contribution >= 0.6 is 0 Å². The number of aliphatic hydroxyl groups is 1. The maximum Gasteiger partial charge on any atom is 0.308 e. The van der Waals surface area contributed by atoms with Crippen molar-refractivity contribution in [1.29, 1.82) is 0 Å². The van der Waals surface area contributed by atoms with Crippen molar-refractivity contribution in [2.45, 2.75) is 31.6 Å². The first-order chi connectivity index (χ1) is 11.0. The lowest BCUT2D eigenvalue weighted by Crippen LogP contribution is -2.38. The Labute approximate surface area is 133 Å². The number of rotatable bonds is 4. The molecule has 122 valence electrons. The van der Waals surface area contributed by atoms with E-state index in [4.69, 9.17) is 4.74 Å². The van der Waals surface area contributed by atoms with Crippen molar-refractivity contribution in [3.05, 3.63) is 35.9 Å². The van der Waals surface area contributed by atoms with Crippen molar-refractivity contribution in [3.63, 3.8) is 0 Å². The number of esters is 1. The second kappa shape index (κ2) is 6.44. The summed E-state index contributed by atoms with van der Waals surface area (Å²) < 4.78 is 5.15. The number of carbonyl (C=O) groups excluding carboxylic acids is 1. The second-order valence-corrected chi connectivity index (χ2v) is 5.82. The van der Waals surface area contributed by atoms with E-state index >= 15 is 0 Å². The summed E-state index contributed by atoms with van der Waals surface area (Å²) in [7, 11) is 0. The number of phenols is 2. The zero-order valence-electron chi connectivity index (χ0n) is 12.5. The monoisotopic (exact) mass is 317 g/mol. The molecule has 1 aliphatic heterocycles. The number of phenolic OH excluding ortho intramolecular Hbond substituents is 2. The van der Waals surface area contributed by atoms with Gasteiger partial charge >= 0.3 is 5.97 Å². The number of ether oxygens (including phenoxy) is 1. The molecular formula is C17H19NO5. The molecule has 6 nitrogen and oxygen atoms in total. The molecule has 4 N–H and O–H groups in total. The van der Waals surface area contributed by atoms with Crippen LogP contribution in [0, 0.1) is 0 Å². The van der Waals surface area contributed by atoms with Crippen molar-refractivity contribution < 1.29 is 24.9 Å². The highest BCUT2D eigenvalue weighted by Crippen LogP contribution is 2.30. The maximum absolute atomic E-state index is 11.3. The molecule has 2 unspecified atom stereocenters. The Morgan fingerprint density at radius 1 is 1.22 bits per heavy atom. The number of hydrogen-bond acceptors (Lipinski definition) is 6. The summed E-state index contributed by atoms with van der Waals surface area (Å²) in [6.07, 6.45) is -0.556. The SMILES string of the molecule is O=C1CC(O)CC(CNCc2cc3cccc(O)c3cc2O)O1. The molecule has 23 heavy (non-hydrogen) atoms. The van der Waals surface area contributed by atoms with Gasteiger partial charge in [-0.2, -0.15) is 0 Å². The predicted octanol–water partition coefficient (Wildman–Crippen LogP) is 1.41. The maximum atomic E-state index is 11.3. The van der Waals surface area contributed by atoms with Crippen LogP contribution in [0.4, 0.5) is 0 Å². The van der Waals surface area contributed by atoms with Crippen LogP contribution < -0.4 is 5.32 Å². The molecule has 0 aliphatic carbocycles. The van der Waals surface area contributed by atoms with Crippen LogP contribution in [0.15, 0.2) is 30.3 Å². The normalized spacial score (nSPS) is 21.3. The van der Waals surface area contributed by atoms with Crippen molar-refractivity contribution in [2.75, 3.05) is 6.54 Å². The Kier molecular flexibility index (Phi) is 4.36. The summed E-state index contributed by atoms with van der Waals surface area (Å²) in [6.45, 7) is 0.794. The van der Waals surface area contributed by atoms with Gasteiger partial charge in [0.2, 0.25) is 0 Å². The van der Waals surface area contributed by atoms with E-state index in [0.29, 0.717) is 30.5 Å². The average molecular weight is 317 g/mol. The molecular weight excluding hydrogens is 298 g/mol. The molecule has 1 aliphatic rings. The predicted molar refractivity (Wildman–Crippen MR) is 84.1 cm³/mol. The average Bonchev–Trinajstić information content (AvgIpc) is 2.48. The third-order valence-electron chi connectivity index (χ3n) is 3.98. The van der Waals surface area contributed by atoms with Gasteiger partial charge in [0.05, 0.1) is 12.5 Å². The first-order valence-corrected chi connectivity index (χ1v) is 7.55.